The summed E-state index contributed by atoms with van der Waals surface area (Å²) in [6.07, 6.45) is -0.657. The summed E-state index contributed by atoms with van der Waals surface area (Å²) < 4.78 is 11.2. The summed E-state index contributed by atoms with van der Waals surface area (Å²) in [4.78, 5) is 42.1. The van der Waals surface area contributed by atoms with Crippen LogP contribution >= 0.6 is 35.0 Å². The lowest BCUT2D eigenvalue weighted by molar-refractivity contribution is -0.151. The van der Waals surface area contributed by atoms with Gasteiger partial charge < -0.3 is 20.5 Å². The average Bonchev–Trinajstić information content (AvgIpc) is 3.05. The molecule has 0 aromatic heterocycles. The Kier molecular flexibility index (Phi) is 13.1. The minimum absolute atomic E-state index is 0.0277. The van der Waals surface area contributed by atoms with E-state index in [-0.39, 0.29) is 19.6 Å². The number of imide groups is 1. The minimum Gasteiger partial charge on any atom is -0.459 e. The van der Waals surface area contributed by atoms with Crippen molar-refractivity contribution in [3.63, 3.8) is 0 Å². The van der Waals surface area contributed by atoms with Crippen molar-refractivity contribution >= 4 is 64.3 Å². The number of nitrogens with one attached hydrogen (secondary N) is 1. The van der Waals surface area contributed by atoms with Gasteiger partial charge >= 0.3 is 12.1 Å². The van der Waals surface area contributed by atoms with Crippen LogP contribution in [0.25, 0.3) is 0 Å². The maximum atomic E-state index is 14.1. The molecule has 0 bridgehead atoms. The zero-order valence-corrected chi connectivity index (χ0v) is 26.7. The van der Waals surface area contributed by atoms with Crippen LogP contribution in [0, 0.1) is 0 Å². The number of thioether (sulfide) groups is 1. The van der Waals surface area contributed by atoms with Gasteiger partial charge in [-0.15, -0.1) is 11.8 Å². The Balaban J connectivity index is 1.62. The normalized spacial score (nSPS) is 11.4. The van der Waals surface area contributed by atoms with E-state index in [4.69, 9.17) is 38.4 Å². The Morgan fingerprint density at radius 3 is 1.98 bits per heavy atom. The number of carbonyl (C=O) groups excluding carboxylic acids is 3. The van der Waals surface area contributed by atoms with Gasteiger partial charge in [0.15, 0.2) is 5.37 Å². The van der Waals surface area contributed by atoms with Crippen LogP contribution in [0.15, 0.2) is 103 Å². The topological polar surface area (TPSA) is 111 Å². The number of halogens is 2. The molecule has 4 aromatic rings. The third-order valence-electron chi connectivity index (χ3n) is 6.54. The van der Waals surface area contributed by atoms with Gasteiger partial charge in [-0.05, 0) is 53.6 Å². The summed E-state index contributed by atoms with van der Waals surface area (Å²) in [6, 6.07) is 30.4. The van der Waals surface area contributed by atoms with Crippen LogP contribution in [0.2, 0.25) is 10.0 Å². The number of anilines is 2. The third-order valence-corrected chi connectivity index (χ3v) is 8.41. The molecule has 8 nitrogen and oxygen atoms in total. The third kappa shape index (κ3) is 9.99. The molecular weight excluding hydrogens is 633 g/mol. The number of ether oxygens (including phenoxy) is 2. The van der Waals surface area contributed by atoms with Gasteiger partial charge in [-0.1, -0.05) is 108 Å². The quantitative estimate of drug-likeness (QED) is 0.0805. The molecule has 1 atom stereocenters. The Hall–Kier alpha value is -4.02. The highest BCUT2D eigenvalue weighted by molar-refractivity contribution is 8.00. The van der Waals surface area contributed by atoms with Gasteiger partial charge in [0.25, 0.3) is 0 Å². The van der Waals surface area contributed by atoms with E-state index >= 15 is 0 Å². The fourth-order valence-electron chi connectivity index (χ4n) is 4.24. The second-order valence-electron chi connectivity index (χ2n) is 9.82. The molecule has 4 rings (SSSR count). The lowest BCUT2D eigenvalue weighted by Gasteiger charge is -2.28. The zero-order valence-electron chi connectivity index (χ0n) is 24.4. The fourth-order valence-corrected chi connectivity index (χ4v) is 5.85. The fraction of sp³-hybridized carbons (Fsp3) is 0.206. The van der Waals surface area contributed by atoms with Gasteiger partial charge in [0.05, 0.1) is 22.2 Å². The largest absolute Gasteiger partial charge is 0.459 e. The SMILES string of the molecule is NCCCS[C@@H](C(=O)OCc1ccccc1)N(C(=O)Cc1ccccc1Nc1c(Cl)cccc1Cl)C(=O)OCc1ccccc1. The molecule has 4 aromatic carbocycles. The van der Waals surface area contributed by atoms with E-state index in [1.165, 1.54) is 0 Å². The van der Waals surface area contributed by atoms with Crippen LogP contribution in [0.5, 0.6) is 0 Å². The summed E-state index contributed by atoms with van der Waals surface area (Å²) in [5.74, 6) is -1.00. The standard InChI is InChI=1S/C34H33Cl2N3O5S/c35-27-16-9-17-28(36)31(27)38-29-18-8-7-15-26(29)21-30(40)39(34(42)44-23-25-13-5-2-6-14-25)32(45-20-10-19-37)33(41)43-22-24-11-3-1-4-12-24/h1-9,11-18,32,38H,10,19-23,37H2/t32-/m0/s1. The average molecular weight is 667 g/mol. The van der Waals surface area contributed by atoms with Crippen molar-refractivity contribution in [1.29, 1.82) is 0 Å². The predicted molar refractivity (Wildman–Crippen MR) is 180 cm³/mol. The molecule has 0 heterocycles. The summed E-state index contributed by atoms with van der Waals surface area (Å²) in [5, 5.41) is 2.68. The Morgan fingerprint density at radius 2 is 1.36 bits per heavy atom. The molecule has 234 valence electrons. The highest BCUT2D eigenvalue weighted by atomic mass is 35.5. The molecule has 0 fully saturated rings. The molecule has 45 heavy (non-hydrogen) atoms. The van der Waals surface area contributed by atoms with Crippen molar-refractivity contribution in [2.24, 2.45) is 5.73 Å². The number of hydrogen-bond donors (Lipinski definition) is 2. The number of hydrogen-bond acceptors (Lipinski definition) is 8. The number of para-hydroxylation sites is 2. The zero-order chi connectivity index (χ0) is 32.0. The number of esters is 1. The second-order valence-corrected chi connectivity index (χ2v) is 11.8. The molecule has 0 aliphatic carbocycles. The van der Waals surface area contributed by atoms with Gasteiger partial charge in [-0.25, -0.2) is 14.5 Å². The molecule has 3 N–H and O–H groups in total. The number of rotatable bonds is 14. The molecule has 0 unspecified atom stereocenters. The van der Waals surface area contributed by atoms with E-state index in [1.807, 2.05) is 48.5 Å². The maximum absolute atomic E-state index is 14.1. The maximum Gasteiger partial charge on any atom is 0.418 e. The van der Waals surface area contributed by atoms with Crippen molar-refractivity contribution in [1.82, 2.24) is 4.90 Å². The molecule has 11 heteroatoms. The summed E-state index contributed by atoms with van der Waals surface area (Å²) in [6.45, 7) is 0.251. The van der Waals surface area contributed by atoms with Gasteiger partial charge in [0.1, 0.15) is 13.2 Å². The van der Waals surface area contributed by atoms with E-state index in [0.29, 0.717) is 45.7 Å². The van der Waals surface area contributed by atoms with Gasteiger partial charge in [-0.2, -0.15) is 0 Å². The summed E-state index contributed by atoms with van der Waals surface area (Å²) in [7, 11) is 0. The molecule has 0 radical (unpaired) electrons. The van der Waals surface area contributed by atoms with Crippen molar-refractivity contribution in [3.8, 4) is 0 Å². The van der Waals surface area contributed by atoms with E-state index < -0.39 is 23.3 Å². The number of amides is 2. The number of nitrogens with two attached hydrogens (primary N) is 1. The molecule has 0 spiro atoms. The molecule has 2 amide bonds. The first-order chi connectivity index (χ1) is 21.9. The lowest BCUT2D eigenvalue weighted by Crippen LogP contribution is -2.48. The summed E-state index contributed by atoms with van der Waals surface area (Å²) in [5.41, 5.74) is 8.77. The number of benzene rings is 4. The number of carbonyl (C=O) groups is 3. The van der Waals surface area contributed by atoms with Crippen molar-refractivity contribution < 1.29 is 23.9 Å². The van der Waals surface area contributed by atoms with Crippen molar-refractivity contribution in [2.45, 2.75) is 31.4 Å². The Bertz CT molecular complexity index is 1560. The Morgan fingerprint density at radius 1 is 0.778 bits per heavy atom. The van der Waals surface area contributed by atoms with Crippen LogP contribution < -0.4 is 11.1 Å². The van der Waals surface area contributed by atoms with Crippen molar-refractivity contribution in [2.75, 3.05) is 17.6 Å². The van der Waals surface area contributed by atoms with E-state index in [2.05, 4.69) is 5.32 Å². The second kappa shape index (κ2) is 17.5. The highest BCUT2D eigenvalue weighted by Gasteiger charge is 2.38. The monoisotopic (exact) mass is 665 g/mol. The van der Waals surface area contributed by atoms with Crippen molar-refractivity contribution in [3.05, 3.63) is 130 Å². The molecule has 0 aliphatic rings. The van der Waals surface area contributed by atoms with Crippen LogP contribution in [0.3, 0.4) is 0 Å². The van der Waals surface area contributed by atoms with E-state index in [9.17, 15) is 14.4 Å². The smallest absolute Gasteiger partial charge is 0.418 e. The van der Waals surface area contributed by atoms with Crippen LogP contribution in [0.1, 0.15) is 23.1 Å². The van der Waals surface area contributed by atoms with Gasteiger partial charge in [-0.3, -0.25) is 4.79 Å². The van der Waals surface area contributed by atoms with E-state index in [1.54, 1.807) is 54.6 Å². The first-order valence-corrected chi connectivity index (χ1v) is 16.0. The Labute approximate surface area is 276 Å². The van der Waals surface area contributed by atoms with E-state index in [0.717, 1.165) is 27.8 Å². The first-order valence-electron chi connectivity index (χ1n) is 14.2. The van der Waals surface area contributed by atoms with Crippen LogP contribution in [0.4, 0.5) is 16.2 Å². The first kappa shape index (κ1) is 33.9. The van der Waals surface area contributed by atoms with Crippen LogP contribution in [-0.4, -0.2) is 40.5 Å². The minimum atomic E-state index is -1.31. The molecular formula is C34H33Cl2N3O5S. The van der Waals surface area contributed by atoms with Crippen LogP contribution in [-0.2, 0) is 38.7 Å². The molecule has 0 saturated heterocycles. The summed E-state index contributed by atoms with van der Waals surface area (Å²) >= 11 is 13.9. The lowest BCUT2D eigenvalue weighted by atomic mass is 10.1. The van der Waals surface area contributed by atoms with Gasteiger partial charge in [0, 0.05) is 5.69 Å². The molecule has 0 saturated carbocycles. The highest BCUT2D eigenvalue weighted by Crippen LogP contribution is 2.34. The van der Waals surface area contributed by atoms with Gasteiger partial charge in [0.2, 0.25) is 5.91 Å². The number of nitrogens with zero attached hydrogens (tertiary/aromatic N) is 1. The molecule has 0 aliphatic heterocycles. The predicted octanol–water partition coefficient (Wildman–Crippen LogP) is 7.60.